The first-order valence-corrected chi connectivity index (χ1v) is 26.2. The number of halogens is 1. The summed E-state index contributed by atoms with van der Waals surface area (Å²) >= 11 is 6.36. The van der Waals surface area contributed by atoms with Crippen LogP contribution < -0.4 is 5.73 Å². The molecule has 360 valence electrons. The van der Waals surface area contributed by atoms with Gasteiger partial charge in [-0.15, -0.1) is 11.6 Å². The van der Waals surface area contributed by atoms with Crippen LogP contribution >= 0.6 is 11.6 Å². The van der Waals surface area contributed by atoms with Gasteiger partial charge < -0.3 is 10.8 Å². The monoisotopic (exact) mass is 891 g/mol. The van der Waals surface area contributed by atoms with Crippen LogP contribution in [0.3, 0.4) is 0 Å². The van der Waals surface area contributed by atoms with Crippen LogP contribution in [0.5, 0.6) is 0 Å². The number of piperazine rings is 4. The predicted molar refractivity (Wildman–Crippen MR) is 260 cm³/mol. The van der Waals surface area contributed by atoms with E-state index in [1.165, 1.54) is 130 Å². The minimum Gasteiger partial charge on any atom is -0.391 e. The third-order valence-electron chi connectivity index (χ3n) is 16.2. The van der Waals surface area contributed by atoms with Gasteiger partial charge in [-0.2, -0.15) is 0 Å². The van der Waals surface area contributed by atoms with E-state index in [1.54, 1.807) is 0 Å². The van der Waals surface area contributed by atoms with E-state index in [0.29, 0.717) is 59.8 Å². The van der Waals surface area contributed by atoms with Crippen molar-refractivity contribution in [1.82, 2.24) is 39.2 Å². The Bertz CT molecular complexity index is 1170. The zero-order valence-corrected chi connectivity index (χ0v) is 41.8. The molecule has 0 aromatic heterocycles. The van der Waals surface area contributed by atoms with E-state index in [4.69, 9.17) is 22.9 Å². The zero-order valence-electron chi connectivity index (χ0n) is 41.0. The summed E-state index contributed by atoms with van der Waals surface area (Å²) in [5.41, 5.74) is 14.7. The minimum atomic E-state index is -0.0596. The van der Waals surface area contributed by atoms with Crippen LogP contribution in [-0.2, 0) is 0 Å². The van der Waals surface area contributed by atoms with Crippen molar-refractivity contribution >= 4 is 11.6 Å². The Balaban J connectivity index is 0.000000156. The summed E-state index contributed by atoms with van der Waals surface area (Å²) < 4.78 is 0. The van der Waals surface area contributed by atoms with Crippen molar-refractivity contribution < 1.29 is 5.11 Å². The molecule has 0 amide bonds. The van der Waals surface area contributed by atoms with Crippen LogP contribution in [0.15, 0.2) is 5.11 Å². The van der Waals surface area contributed by atoms with Crippen LogP contribution in [0.2, 0.25) is 0 Å². The molecular weight excluding hydrogens is 796 g/mol. The standard InChI is InChI=1S/C12H23ClN2.C12H23N5.C12H25N3.C12H24N2O/c1-10(2)14-6-8-15(9-7-14)12-5-3-4-11(12)13;1-10(2)16-6-8-17(9-7-16)12-5-3-4-11(12)14-15-13;1-10(2)14-6-8-15(9-7-14)12-5-3-4-11(12)13;1-10(2)13-6-8-14(9-7-13)11-4-3-5-12(11)15/h10-12H,3-9H2,1-2H3;10-12H,3-9H2,1-2H3;10-12H,3-9,13H2,1-2H3;10-12,15H,3-9H2,1-2H3/t3*11-,12?;11?,12-/m0000/s1. The summed E-state index contributed by atoms with van der Waals surface area (Å²) in [6.45, 7) is 37.1. The van der Waals surface area contributed by atoms with Crippen LogP contribution in [0.4, 0.5) is 0 Å². The number of aliphatic hydroxyl groups is 1. The molecule has 4 unspecified atom stereocenters. The van der Waals surface area contributed by atoms with E-state index < -0.39 is 0 Å². The normalized spacial score (nSPS) is 34.2. The number of hydrogen-bond acceptors (Lipinski definition) is 11. The number of aliphatic hydroxyl groups excluding tert-OH is 1. The topological polar surface area (TPSA) is 121 Å². The fourth-order valence-electron chi connectivity index (χ4n) is 12.0. The van der Waals surface area contributed by atoms with Gasteiger partial charge in [-0.3, -0.25) is 39.2 Å². The molecule has 0 bridgehead atoms. The SMILES string of the molecule is CC(C)N1CCN(C2CCC[C@@H]2Cl)CC1.CC(C)N1CCN(C2CCC[C@@H]2N)CC1.CC(C)N1CCN(C2CCC[C@@H]2N=[N+]=[N-])CC1.CC(C)N1CCN(C2CCC[C@@H]2O)CC1. The minimum absolute atomic E-state index is 0.0596. The van der Waals surface area contributed by atoms with Crippen molar-refractivity contribution in [3.63, 3.8) is 0 Å². The zero-order chi connectivity index (χ0) is 44.8. The highest BCUT2D eigenvalue weighted by atomic mass is 35.5. The van der Waals surface area contributed by atoms with E-state index in [9.17, 15) is 5.11 Å². The highest BCUT2D eigenvalue weighted by Crippen LogP contribution is 2.30. The molecule has 0 spiro atoms. The van der Waals surface area contributed by atoms with Crippen LogP contribution in [0.1, 0.15) is 132 Å². The van der Waals surface area contributed by atoms with Crippen molar-refractivity contribution in [2.24, 2.45) is 10.8 Å². The number of alkyl halides is 1. The lowest BCUT2D eigenvalue weighted by Gasteiger charge is -2.40. The third-order valence-corrected chi connectivity index (χ3v) is 16.7. The van der Waals surface area contributed by atoms with Crippen LogP contribution in [-0.4, -0.2) is 221 Å². The third kappa shape index (κ3) is 15.4. The molecule has 4 saturated heterocycles. The lowest BCUT2D eigenvalue weighted by atomic mass is 10.1. The van der Waals surface area contributed by atoms with E-state index in [2.05, 4.69) is 105 Å². The summed E-state index contributed by atoms with van der Waals surface area (Å²) in [6, 6.07) is 5.67. The van der Waals surface area contributed by atoms with Gasteiger partial charge in [-0.1, -0.05) is 24.4 Å². The summed E-state index contributed by atoms with van der Waals surface area (Å²) in [5.74, 6) is 0. The summed E-state index contributed by atoms with van der Waals surface area (Å²) in [7, 11) is 0. The Morgan fingerprint density at radius 3 is 1.16 bits per heavy atom. The molecule has 8 atom stereocenters. The number of azide groups is 1. The van der Waals surface area contributed by atoms with Gasteiger partial charge in [0.2, 0.25) is 0 Å². The molecule has 8 fully saturated rings. The van der Waals surface area contributed by atoms with Crippen LogP contribution in [0.25, 0.3) is 10.4 Å². The van der Waals surface area contributed by atoms with Gasteiger partial charge in [0.25, 0.3) is 0 Å². The first kappa shape index (κ1) is 52.2. The van der Waals surface area contributed by atoms with Gasteiger partial charge >= 0.3 is 0 Å². The van der Waals surface area contributed by atoms with Gasteiger partial charge in [0.15, 0.2) is 0 Å². The molecular formula is C48H95ClN12O. The van der Waals surface area contributed by atoms with Gasteiger partial charge in [0.05, 0.1) is 12.1 Å². The molecule has 3 N–H and O–H groups in total. The average Bonchev–Trinajstić information content (AvgIpc) is 4.11. The second kappa shape index (κ2) is 26.5. The van der Waals surface area contributed by atoms with Gasteiger partial charge in [-0.05, 0) is 119 Å². The van der Waals surface area contributed by atoms with Crippen molar-refractivity contribution in [3.8, 4) is 0 Å². The summed E-state index contributed by atoms with van der Waals surface area (Å²) in [5, 5.41) is 14.2. The quantitative estimate of drug-likeness (QED) is 0.119. The fraction of sp³-hybridized carbons (Fsp3) is 1.00. The van der Waals surface area contributed by atoms with E-state index in [0.717, 1.165) is 52.1 Å². The number of rotatable bonds is 9. The average molecular weight is 892 g/mol. The van der Waals surface area contributed by atoms with Crippen molar-refractivity contribution in [2.45, 2.75) is 204 Å². The Morgan fingerprint density at radius 2 is 0.806 bits per heavy atom. The maximum Gasteiger partial charge on any atom is 0.0695 e. The van der Waals surface area contributed by atoms with E-state index in [-0.39, 0.29) is 12.1 Å². The smallest absolute Gasteiger partial charge is 0.0695 e. The van der Waals surface area contributed by atoms with Gasteiger partial charge in [0, 0.05) is 169 Å². The molecule has 4 heterocycles. The molecule has 4 saturated carbocycles. The first-order valence-electron chi connectivity index (χ1n) is 25.8. The molecule has 4 aliphatic heterocycles. The Morgan fingerprint density at radius 1 is 0.468 bits per heavy atom. The van der Waals surface area contributed by atoms with Gasteiger partial charge in [0.1, 0.15) is 0 Å². The summed E-state index contributed by atoms with van der Waals surface area (Å²) in [6.07, 6.45) is 14.6. The number of nitrogens with zero attached hydrogens (tertiary/aromatic N) is 11. The molecule has 4 aliphatic carbocycles. The number of nitrogens with two attached hydrogens (primary N) is 1. The molecule has 13 nitrogen and oxygen atoms in total. The Kier molecular flexibility index (Phi) is 22.3. The molecule has 14 heteroatoms. The highest BCUT2D eigenvalue weighted by molar-refractivity contribution is 6.21. The fourth-order valence-corrected chi connectivity index (χ4v) is 12.4. The maximum absolute atomic E-state index is 9.86. The highest BCUT2D eigenvalue weighted by Gasteiger charge is 2.36. The van der Waals surface area contributed by atoms with Crippen molar-refractivity contribution in [3.05, 3.63) is 10.4 Å². The van der Waals surface area contributed by atoms with Crippen molar-refractivity contribution in [1.29, 1.82) is 0 Å². The maximum atomic E-state index is 9.86. The Labute approximate surface area is 385 Å². The van der Waals surface area contributed by atoms with E-state index >= 15 is 0 Å². The lowest BCUT2D eigenvalue weighted by molar-refractivity contribution is 0.0278. The first-order chi connectivity index (χ1) is 29.8. The molecule has 8 rings (SSSR count). The number of hydrogen-bond donors (Lipinski definition) is 2. The Hall–Kier alpha value is -0.800. The molecule has 62 heavy (non-hydrogen) atoms. The van der Waals surface area contributed by atoms with Gasteiger partial charge in [-0.25, -0.2) is 0 Å². The van der Waals surface area contributed by atoms with Crippen molar-refractivity contribution in [2.75, 3.05) is 105 Å². The van der Waals surface area contributed by atoms with E-state index in [1.807, 2.05) is 0 Å². The molecule has 0 radical (unpaired) electrons. The second-order valence-electron chi connectivity index (χ2n) is 21.2. The molecule has 8 aliphatic rings. The lowest BCUT2D eigenvalue weighted by Crippen LogP contribution is -2.55. The second-order valence-corrected chi connectivity index (χ2v) is 21.7. The predicted octanol–water partition coefficient (Wildman–Crippen LogP) is 6.23. The summed E-state index contributed by atoms with van der Waals surface area (Å²) in [4.78, 5) is 23.4. The molecule has 0 aromatic rings. The van der Waals surface area contributed by atoms with Crippen LogP contribution in [0, 0.1) is 0 Å². The molecule has 0 aromatic carbocycles. The largest absolute Gasteiger partial charge is 0.391 e.